The van der Waals surface area contributed by atoms with E-state index in [1.54, 1.807) is 0 Å². The predicted octanol–water partition coefficient (Wildman–Crippen LogP) is 4.79. The lowest BCUT2D eigenvalue weighted by Crippen LogP contribution is -2.41. The average Bonchev–Trinajstić information content (AvgIpc) is 2.76. The maximum atomic E-state index is 11.8. The number of ether oxygens (including phenoxy) is 1. The van der Waals surface area contributed by atoms with Crippen molar-refractivity contribution in [2.45, 2.75) is 38.2 Å². The van der Waals surface area contributed by atoms with Gasteiger partial charge in [0.05, 0.1) is 10.2 Å². The van der Waals surface area contributed by atoms with Gasteiger partial charge in [-0.2, -0.15) is 0 Å². The highest BCUT2D eigenvalue weighted by Gasteiger charge is 2.25. The van der Waals surface area contributed by atoms with E-state index >= 15 is 0 Å². The summed E-state index contributed by atoms with van der Waals surface area (Å²) in [6, 6.07) is 12.6. The molecule has 2 aliphatic heterocycles. The summed E-state index contributed by atoms with van der Waals surface area (Å²) < 4.78 is 7.68. The molecule has 2 aromatic carbocycles. The van der Waals surface area contributed by atoms with Crippen molar-refractivity contribution in [2.24, 2.45) is 5.92 Å². The molecule has 31 heavy (non-hydrogen) atoms. The number of halogens is 2. The number of carbonyl (C=O) groups is 1. The summed E-state index contributed by atoms with van der Waals surface area (Å²) in [4.78, 5) is 14.1. The van der Waals surface area contributed by atoms with Crippen molar-refractivity contribution in [2.75, 3.05) is 31.6 Å². The number of β-amino-alcohol motifs (C(OH)–C–C–N with tert-alkyl or cyclic N) is 1. The first-order valence-corrected chi connectivity index (χ1v) is 12.5. The van der Waals surface area contributed by atoms with Gasteiger partial charge in [0.1, 0.15) is 18.5 Å². The van der Waals surface area contributed by atoms with Gasteiger partial charge in [-0.1, -0.05) is 30.3 Å². The summed E-state index contributed by atoms with van der Waals surface area (Å²) in [5, 5.41) is 13.5. The van der Waals surface area contributed by atoms with Crippen LogP contribution in [0.5, 0.6) is 5.75 Å². The zero-order valence-corrected chi connectivity index (χ0v) is 20.6. The van der Waals surface area contributed by atoms with Crippen LogP contribution >= 0.6 is 31.9 Å². The third-order valence-electron chi connectivity index (χ3n) is 6.11. The fourth-order valence-corrected chi connectivity index (χ4v) is 5.93. The Morgan fingerprint density at radius 3 is 2.61 bits per heavy atom. The van der Waals surface area contributed by atoms with Gasteiger partial charge in [-0.15, -0.1) is 0 Å². The number of piperidine rings is 1. The van der Waals surface area contributed by atoms with Crippen LogP contribution in [0.4, 0.5) is 5.69 Å². The molecule has 2 heterocycles. The number of carbonyl (C=O) groups excluding carboxylic acids is 1. The Morgan fingerprint density at radius 1 is 1.13 bits per heavy atom. The summed E-state index contributed by atoms with van der Waals surface area (Å²) in [7, 11) is 0. The minimum atomic E-state index is -0.560. The van der Waals surface area contributed by atoms with Gasteiger partial charge < -0.3 is 20.1 Å². The van der Waals surface area contributed by atoms with E-state index in [0.717, 1.165) is 52.5 Å². The zero-order valence-electron chi connectivity index (χ0n) is 17.4. The van der Waals surface area contributed by atoms with E-state index < -0.39 is 6.10 Å². The van der Waals surface area contributed by atoms with Gasteiger partial charge in [0, 0.05) is 23.0 Å². The number of aliphatic hydroxyl groups excluding tert-OH is 1. The van der Waals surface area contributed by atoms with Gasteiger partial charge in [-0.3, -0.25) is 4.79 Å². The molecule has 2 aromatic rings. The number of rotatable bonds is 7. The van der Waals surface area contributed by atoms with Crippen molar-refractivity contribution < 1.29 is 14.6 Å². The smallest absolute Gasteiger partial charge is 0.224 e. The van der Waals surface area contributed by atoms with Crippen LogP contribution in [-0.2, 0) is 17.6 Å². The molecule has 1 amide bonds. The fourth-order valence-electron chi connectivity index (χ4n) is 4.47. The molecule has 0 spiro atoms. The Morgan fingerprint density at radius 2 is 1.87 bits per heavy atom. The van der Waals surface area contributed by atoms with E-state index in [1.807, 2.05) is 6.07 Å². The number of hydrogen-bond donors (Lipinski definition) is 2. The van der Waals surface area contributed by atoms with Crippen molar-refractivity contribution >= 4 is 43.5 Å². The van der Waals surface area contributed by atoms with E-state index in [9.17, 15) is 9.90 Å². The number of amides is 1. The van der Waals surface area contributed by atoms with Crippen molar-refractivity contribution in [1.29, 1.82) is 0 Å². The average molecular weight is 552 g/mol. The van der Waals surface area contributed by atoms with Crippen LogP contribution in [0.1, 0.15) is 30.4 Å². The minimum absolute atomic E-state index is 0.0113. The van der Waals surface area contributed by atoms with Gasteiger partial charge in [0.25, 0.3) is 0 Å². The van der Waals surface area contributed by atoms with Crippen LogP contribution in [0, 0.1) is 5.92 Å². The number of aliphatic hydroxyl groups is 1. The first kappa shape index (κ1) is 22.8. The number of anilines is 1. The van der Waals surface area contributed by atoms with Crippen LogP contribution in [0.2, 0.25) is 0 Å². The molecule has 166 valence electrons. The van der Waals surface area contributed by atoms with E-state index in [0.29, 0.717) is 31.1 Å². The van der Waals surface area contributed by atoms with Gasteiger partial charge >= 0.3 is 0 Å². The summed E-state index contributed by atoms with van der Waals surface area (Å²) >= 11 is 7.07. The second kappa shape index (κ2) is 10.5. The summed E-state index contributed by atoms with van der Waals surface area (Å²) in [6.07, 6.45) is 3.96. The van der Waals surface area contributed by atoms with Crippen LogP contribution in [0.25, 0.3) is 0 Å². The molecule has 0 aliphatic carbocycles. The normalized spacial score (nSPS) is 18.4. The van der Waals surface area contributed by atoms with Crippen LogP contribution in [0.15, 0.2) is 45.3 Å². The quantitative estimate of drug-likeness (QED) is 0.519. The number of nitrogens with one attached hydrogen (secondary N) is 1. The molecule has 4 rings (SSSR count). The van der Waals surface area contributed by atoms with E-state index in [1.165, 1.54) is 5.56 Å². The van der Waals surface area contributed by atoms with Crippen molar-refractivity contribution in [3.8, 4) is 5.75 Å². The lowest BCUT2D eigenvalue weighted by Gasteiger charge is -2.33. The van der Waals surface area contributed by atoms with E-state index in [4.69, 9.17) is 4.74 Å². The Kier molecular flexibility index (Phi) is 7.69. The van der Waals surface area contributed by atoms with E-state index in [2.05, 4.69) is 72.4 Å². The lowest BCUT2D eigenvalue weighted by molar-refractivity contribution is -0.116. The Balaban J connectivity index is 1.27. The maximum Gasteiger partial charge on any atom is 0.224 e. The molecule has 1 fully saturated rings. The summed E-state index contributed by atoms with van der Waals surface area (Å²) in [5.74, 6) is 1.43. The first-order chi connectivity index (χ1) is 15.0. The van der Waals surface area contributed by atoms with E-state index in [-0.39, 0.29) is 12.5 Å². The minimum Gasteiger partial charge on any atom is -0.489 e. The van der Waals surface area contributed by atoms with Crippen LogP contribution in [-0.4, -0.2) is 48.3 Å². The third kappa shape index (κ3) is 5.89. The molecular formula is C24H28Br2N2O3. The Bertz CT molecular complexity index is 915. The predicted molar refractivity (Wildman–Crippen MR) is 130 cm³/mol. The molecule has 7 heteroatoms. The molecular weight excluding hydrogens is 524 g/mol. The molecule has 2 N–H and O–H groups in total. The fraction of sp³-hybridized carbons (Fsp3) is 0.458. The van der Waals surface area contributed by atoms with Gasteiger partial charge in [-0.05, 0) is 88.2 Å². The summed E-state index contributed by atoms with van der Waals surface area (Å²) in [5.41, 5.74) is 3.15. The van der Waals surface area contributed by atoms with Crippen molar-refractivity contribution in [3.63, 3.8) is 0 Å². The Labute approximate surface area is 200 Å². The molecule has 1 unspecified atom stereocenters. The van der Waals surface area contributed by atoms with Gasteiger partial charge in [0.2, 0.25) is 5.91 Å². The topological polar surface area (TPSA) is 61.8 Å². The number of nitrogens with zero attached hydrogens (tertiary/aromatic N) is 1. The second-order valence-electron chi connectivity index (χ2n) is 8.47. The highest BCUT2D eigenvalue weighted by Crippen LogP contribution is 2.42. The third-order valence-corrected chi connectivity index (χ3v) is 7.33. The lowest BCUT2D eigenvalue weighted by atomic mass is 9.90. The number of fused-ring (bicyclic) bond motifs is 1. The SMILES string of the molecule is O=C1CCc2c(c(Br)cc(Br)c2OCC(O)CN2CCC(Cc3ccccc3)CC2)N1. The largest absolute Gasteiger partial charge is 0.489 e. The maximum absolute atomic E-state index is 11.8. The molecule has 0 saturated carbocycles. The number of hydrogen-bond acceptors (Lipinski definition) is 4. The molecule has 2 aliphatic rings. The second-order valence-corrected chi connectivity index (χ2v) is 10.2. The molecule has 0 bridgehead atoms. The number of benzene rings is 2. The van der Waals surface area contributed by atoms with Gasteiger partial charge in [-0.25, -0.2) is 0 Å². The molecule has 0 aromatic heterocycles. The highest BCUT2D eigenvalue weighted by molar-refractivity contribution is 9.11. The molecule has 5 nitrogen and oxygen atoms in total. The van der Waals surface area contributed by atoms with Gasteiger partial charge in [0.15, 0.2) is 0 Å². The standard InChI is InChI=1S/C24H28Br2N2O3/c25-20-13-21(26)24(19-6-7-22(30)27-23(19)20)31-15-18(29)14-28-10-8-17(9-11-28)12-16-4-2-1-3-5-16/h1-5,13,17-18,29H,6-12,14-15H2,(H,27,30). The van der Waals surface area contributed by atoms with Crippen molar-refractivity contribution in [3.05, 3.63) is 56.5 Å². The highest BCUT2D eigenvalue weighted by atomic mass is 79.9. The molecule has 1 atom stereocenters. The van der Waals surface area contributed by atoms with Crippen molar-refractivity contribution in [1.82, 2.24) is 4.90 Å². The Hall–Kier alpha value is -1.41. The van der Waals surface area contributed by atoms with Crippen LogP contribution < -0.4 is 10.1 Å². The molecule has 1 saturated heterocycles. The molecule has 0 radical (unpaired) electrons. The monoisotopic (exact) mass is 550 g/mol. The first-order valence-electron chi connectivity index (χ1n) is 10.9. The number of likely N-dealkylation sites (tertiary alicyclic amines) is 1. The zero-order chi connectivity index (χ0) is 21.8. The van der Waals surface area contributed by atoms with Crippen LogP contribution in [0.3, 0.4) is 0 Å². The summed E-state index contributed by atoms with van der Waals surface area (Å²) in [6.45, 7) is 2.87.